The smallest absolute Gasteiger partial charge is 0.326 e. The molecule has 1 aliphatic rings. The van der Waals surface area contributed by atoms with Gasteiger partial charge in [-0.2, -0.15) is 0 Å². The highest BCUT2D eigenvalue weighted by Crippen LogP contribution is 2.04. The molecule has 122 valence electrons. The van der Waals surface area contributed by atoms with Crippen molar-refractivity contribution in [3.63, 3.8) is 0 Å². The van der Waals surface area contributed by atoms with Crippen molar-refractivity contribution in [2.75, 3.05) is 39.3 Å². The lowest BCUT2D eigenvalue weighted by Gasteiger charge is -2.27. The Bertz CT molecular complexity index is 330. The molecule has 0 aromatic heterocycles. The number of amides is 2. The van der Waals surface area contributed by atoms with Crippen molar-refractivity contribution in [3.8, 4) is 0 Å². The molecule has 0 aliphatic carbocycles. The number of nitrogens with one attached hydrogen (secondary N) is 3. The van der Waals surface area contributed by atoms with Crippen LogP contribution >= 0.6 is 0 Å². The summed E-state index contributed by atoms with van der Waals surface area (Å²) < 4.78 is 0. The predicted molar refractivity (Wildman–Crippen MR) is 81.3 cm³/mol. The van der Waals surface area contributed by atoms with E-state index in [-0.39, 0.29) is 5.92 Å². The highest BCUT2D eigenvalue weighted by Gasteiger charge is 2.20. The molecular weight excluding hydrogens is 272 g/mol. The van der Waals surface area contributed by atoms with Crippen LogP contribution in [0.3, 0.4) is 0 Å². The first-order valence-corrected chi connectivity index (χ1v) is 7.69. The monoisotopic (exact) mass is 300 g/mol. The molecule has 0 spiro atoms. The van der Waals surface area contributed by atoms with E-state index in [9.17, 15) is 9.59 Å². The molecule has 0 aromatic rings. The Labute approximate surface area is 126 Å². The van der Waals surface area contributed by atoms with Crippen LogP contribution in [-0.2, 0) is 4.79 Å². The molecule has 0 aromatic carbocycles. The Balaban J connectivity index is 2.15. The van der Waals surface area contributed by atoms with Gasteiger partial charge in [-0.25, -0.2) is 9.59 Å². The Morgan fingerprint density at radius 3 is 2.52 bits per heavy atom. The van der Waals surface area contributed by atoms with E-state index < -0.39 is 18.0 Å². The Kier molecular flexibility index (Phi) is 8.07. The summed E-state index contributed by atoms with van der Waals surface area (Å²) in [6.45, 7) is 9.50. The first-order chi connectivity index (χ1) is 9.99. The topological polar surface area (TPSA) is 93.7 Å². The van der Waals surface area contributed by atoms with Crippen LogP contribution in [0, 0.1) is 5.92 Å². The summed E-state index contributed by atoms with van der Waals surface area (Å²) in [6, 6.07) is -1.22. The highest BCUT2D eigenvalue weighted by molar-refractivity contribution is 5.82. The summed E-state index contributed by atoms with van der Waals surface area (Å²) in [5.41, 5.74) is 0. The van der Waals surface area contributed by atoms with E-state index >= 15 is 0 Å². The van der Waals surface area contributed by atoms with Crippen molar-refractivity contribution in [1.29, 1.82) is 0 Å². The predicted octanol–water partition coefficient (Wildman–Crippen LogP) is 0.0802. The maximum atomic E-state index is 11.7. The van der Waals surface area contributed by atoms with Gasteiger partial charge < -0.3 is 26.0 Å². The van der Waals surface area contributed by atoms with Crippen molar-refractivity contribution in [1.82, 2.24) is 20.9 Å². The van der Waals surface area contributed by atoms with Crippen LogP contribution in [0.1, 0.15) is 26.7 Å². The molecule has 7 heteroatoms. The van der Waals surface area contributed by atoms with Crippen molar-refractivity contribution in [3.05, 3.63) is 0 Å². The lowest BCUT2D eigenvalue weighted by atomic mass is 10.0. The second-order valence-corrected chi connectivity index (χ2v) is 5.87. The van der Waals surface area contributed by atoms with E-state index in [0.29, 0.717) is 13.0 Å². The van der Waals surface area contributed by atoms with Gasteiger partial charge in [-0.3, -0.25) is 0 Å². The minimum atomic E-state index is -0.986. The van der Waals surface area contributed by atoms with Crippen molar-refractivity contribution in [2.45, 2.75) is 32.7 Å². The van der Waals surface area contributed by atoms with E-state index in [1.54, 1.807) is 0 Å². The molecule has 1 heterocycles. The number of hydrogen-bond donors (Lipinski definition) is 4. The normalized spacial score (nSPS) is 17.5. The standard InChI is InChI=1S/C14H28N4O3/c1-11(2)10-12(13(19)20)17-14(21)16-4-3-7-18-8-5-15-6-9-18/h11-12,15H,3-10H2,1-2H3,(H,19,20)(H2,16,17,21)/t12-/m1/s1. The van der Waals surface area contributed by atoms with Crippen LogP contribution in [0.25, 0.3) is 0 Å². The summed E-state index contributed by atoms with van der Waals surface area (Å²) in [4.78, 5) is 25.1. The molecule has 1 atom stereocenters. The summed E-state index contributed by atoms with van der Waals surface area (Å²) in [5, 5.41) is 17.6. The molecule has 0 saturated carbocycles. The number of carboxylic acid groups (broad SMARTS) is 1. The summed E-state index contributed by atoms with van der Waals surface area (Å²) >= 11 is 0. The third-order valence-electron chi connectivity index (χ3n) is 3.46. The van der Waals surface area contributed by atoms with Crippen LogP contribution in [0.2, 0.25) is 0 Å². The molecule has 7 nitrogen and oxygen atoms in total. The van der Waals surface area contributed by atoms with Gasteiger partial charge in [0.15, 0.2) is 0 Å². The largest absolute Gasteiger partial charge is 0.480 e. The van der Waals surface area contributed by atoms with Gasteiger partial charge in [-0.05, 0) is 25.3 Å². The maximum Gasteiger partial charge on any atom is 0.326 e. The van der Waals surface area contributed by atoms with Gasteiger partial charge in [0.1, 0.15) is 6.04 Å². The van der Waals surface area contributed by atoms with E-state index in [0.717, 1.165) is 39.1 Å². The number of nitrogens with zero attached hydrogens (tertiary/aromatic N) is 1. The molecule has 1 aliphatic heterocycles. The van der Waals surface area contributed by atoms with Crippen LogP contribution in [0.4, 0.5) is 4.79 Å². The average Bonchev–Trinajstić information content (AvgIpc) is 2.43. The summed E-state index contributed by atoms with van der Waals surface area (Å²) in [7, 11) is 0. The fraction of sp³-hybridized carbons (Fsp3) is 0.857. The SMILES string of the molecule is CC(C)C[C@@H](NC(=O)NCCCN1CCNCC1)C(=O)O. The number of carboxylic acids is 1. The highest BCUT2D eigenvalue weighted by atomic mass is 16.4. The third kappa shape index (κ3) is 7.87. The number of aliphatic carboxylic acids is 1. The number of carbonyl (C=O) groups excluding carboxylic acids is 1. The van der Waals surface area contributed by atoms with Crippen LogP contribution in [0.5, 0.6) is 0 Å². The number of carbonyl (C=O) groups is 2. The quantitative estimate of drug-likeness (QED) is 0.476. The van der Waals surface area contributed by atoms with Gasteiger partial charge in [-0.1, -0.05) is 13.8 Å². The van der Waals surface area contributed by atoms with Crippen molar-refractivity contribution in [2.24, 2.45) is 5.92 Å². The molecule has 0 unspecified atom stereocenters. The fourth-order valence-corrected chi connectivity index (χ4v) is 2.34. The first-order valence-electron chi connectivity index (χ1n) is 7.69. The maximum absolute atomic E-state index is 11.7. The Hall–Kier alpha value is -1.34. The number of piperazine rings is 1. The van der Waals surface area contributed by atoms with Crippen LogP contribution in [0.15, 0.2) is 0 Å². The molecule has 0 radical (unpaired) electrons. The minimum absolute atomic E-state index is 0.221. The number of rotatable bonds is 8. The first kappa shape index (κ1) is 17.7. The lowest BCUT2D eigenvalue weighted by molar-refractivity contribution is -0.139. The zero-order valence-electron chi connectivity index (χ0n) is 13.0. The van der Waals surface area contributed by atoms with Gasteiger partial charge in [0, 0.05) is 32.7 Å². The van der Waals surface area contributed by atoms with Gasteiger partial charge in [-0.15, -0.1) is 0 Å². The van der Waals surface area contributed by atoms with E-state index in [1.807, 2.05) is 13.8 Å². The van der Waals surface area contributed by atoms with Gasteiger partial charge in [0.25, 0.3) is 0 Å². The minimum Gasteiger partial charge on any atom is -0.480 e. The van der Waals surface area contributed by atoms with E-state index in [4.69, 9.17) is 5.11 Å². The van der Waals surface area contributed by atoms with E-state index in [2.05, 4.69) is 20.9 Å². The van der Waals surface area contributed by atoms with Crippen LogP contribution < -0.4 is 16.0 Å². The van der Waals surface area contributed by atoms with E-state index in [1.165, 1.54) is 0 Å². The molecule has 4 N–H and O–H groups in total. The Morgan fingerprint density at radius 2 is 1.95 bits per heavy atom. The molecule has 21 heavy (non-hydrogen) atoms. The molecule has 1 saturated heterocycles. The van der Waals surface area contributed by atoms with Gasteiger partial charge in [0.2, 0.25) is 0 Å². The molecule has 1 fully saturated rings. The summed E-state index contributed by atoms with van der Waals surface area (Å²) in [6.07, 6.45) is 1.30. The molecule has 0 bridgehead atoms. The van der Waals surface area contributed by atoms with Gasteiger partial charge >= 0.3 is 12.0 Å². The zero-order chi connectivity index (χ0) is 15.7. The van der Waals surface area contributed by atoms with Crippen molar-refractivity contribution >= 4 is 12.0 Å². The molecule has 1 rings (SSSR count). The average molecular weight is 300 g/mol. The Morgan fingerprint density at radius 1 is 1.29 bits per heavy atom. The second kappa shape index (κ2) is 9.57. The van der Waals surface area contributed by atoms with Gasteiger partial charge in [0.05, 0.1) is 0 Å². The molecule has 2 amide bonds. The third-order valence-corrected chi connectivity index (χ3v) is 3.46. The second-order valence-electron chi connectivity index (χ2n) is 5.87. The summed E-state index contributed by atoms with van der Waals surface area (Å²) in [5.74, 6) is -0.765. The fourth-order valence-electron chi connectivity index (χ4n) is 2.34. The number of urea groups is 1. The molecular formula is C14H28N4O3. The lowest BCUT2D eigenvalue weighted by Crippen LogP contribution is -2.47. The van der Waals surface area contributed by atoms with Crippen molar-refractivity contribution < 1.29 is 14.7 Å². The zero-order valence-corrected chi connectivity index (χ0v) is 13.0. The number of hydrogen-bond acceptors (Lipinski definition) is 4. The van der Waals surface area contributed by atoms with Crippen LogP contribution in [-0.4, -0.2) is 67.3 Å².